The van der Waals surface area contributed by atoms with E-state index in [9.17, 15) is 14.4 Å². The van der Waals surface area contributed by atoms with Gasteiger partial charge in [-0.25, -0.2) is 4.79 Å². The van der Waals surface area contributed by atoms with E-state index in [0.717, 1.165) is 11.1 Å². The summed E-state index contributed by atoms with van der Waals surface area (Å²) in [5.74, 6) is -0.383. The molecular formula is C23H28ClN3O4. The van der Waals surface area contributed by atoms with Gasteiger partial charge in [-0.3, -0.25) is 9.59 Å². The number of carbonyl (C=O) groups is 3. The molecule has 3 amide bonds. The van der Waals surface area contributed by atoms with Crippen LogP contribution in [0.1, 0.15) is 38.3 Å². The molecule has 0 fully saturated rings. The summed E-state index contributed by atoms with van der Waals surface area (Å²) in [5.41, 5.74) is 1.64. The second-order valence-electron chi connectivity index (χ2n) is 7.97. The maximum Gasteiger partial charge on any atom is 0.407 e. The summed E-state index contributed by atoms with van der Waals surface area (Å²) < 4.78 is 5.11. The molecule has 31 heavy (non-hydrogen) atoms. The lowest BCUT2D eigenvalue weighted by atomic mass is 10.1. The molecule has 0 bridgehead atoms. The number of nitrogens with one attached hydrogen (secondary N) is 3. The highest BCUT2D eigenvalue weighted by molar-refractivity contribution is 6.31. The van der Waals surface area contributed by atoms with E-state index in [1.165, 1.54) is 0 Å². The van der Waals surface area contributed by atoms with Crippen molar-refractivity contribution < 1.29 is 19.1 Å². The average Bonchev–Trinajstić information content (AvgIpc) is 2.67. The highest BCUT2D eigenvalue weighted by Gasteiger charge is 2.15. The first-order valence-corrected chi connectivity index (χ1v) is 10.4. The van der Waals surface area contributed by atoms with Crippen LogP contribution in [0.2, 0.25) is 5.02 Å². The first-order valence-electron chi connectivity index (χ1n) is 9.98. The molecule has 0 atom stereocenters. The van der Waals surface area contributed by atoms with Gasteiger partial charge in [0.15, 0.2) is 0 Å². The molecule has 0 unspecified atom stereocenters. The van der Waals surface area contributed by atoms with E-state index in [1.54, 1.807) is 45.0 Å². The van der Waals surface area contributed by atoms with Gasteiger partial charge in [-0.2, -0.15) is 0 Å². The zero-order valence-electron chi connectivity index (χ0n) is 18.0. The normalized spacial score (nSPS) is 10.8. The standard InChI is InChI=1S/C23H28ClN3O4/c1-23(2,3)31-22(30)25-12-11-20(28)26-15-16-7-6-9-18(13-16)27-21(29)14-17-8-4-5-10-19(17)24/h4-10,13H,11-12,14-15H2,1-3H3,(H,25,30)(H,26,28)(H,27,29). The van der Waals surface area contributed by atoms with Gasteiger partial charge in [-0.1, -0.05) is 41.9 Å². The Labute approximate surface area is 187 Å². The molecule has 0 aliphatic rings. The SMILES string of the molecule is CC(C)(C)OC(=O)NCCC(=O)NCc1cccc(NC(=O)Cc2ccccc2Cl)c1. The predicted molar refractivity (Wildman–Crippen MR) is 121 cm³/mol. The molecule has 2 aromatic carbocycles. The van der Waals surface area contributed by atoms with Crippen LogP contribution in [0.15, 0.2) is 48.5 Å². The molecule has 3 N–H and O–H groups in total. The molecule has 2 rings (SSSR count). The lowest BCUT2D eigenvalue weighted by Crippen LogP contribution is -2.35. The highest BCUT2D eigenvalue weighted by Crippen LogP contribution is 2.17. The van der Waals surface area contributed by atoms with Crippen LogP contribution in [0.5, 0.6) is 0 Å². The second-order valence-corrected chi connectivity index (χ2v) is 8.38. The van der Waals surface area contributed by atoms with Crippen molar-refractivity contribution in [3.05, 3.63) is 64.7 Å². The van der Waals surface area contributed by atoms with Crippen molar-refractivity contribution in [1.29, 1.82) is 0 Å². The number of hydrogen-bond donors (Lipinski definition) is 3. The number of hydrogen-bond acceptors (Lipinski definition) is 4. The van der Waals surface area contributed by atoms with E-state index in [4.69, 9.17) is 16.3 Å². The molecule has 0 aromatic heterocycles. The van der Waals surface area contributed by atoms with Crippen LogP contribution >= 0.6 is 11.6 Å². The van der Waals surface area contributed by atoms with Crippen molar-refractivity contribution in [1.82, 2.24) is 10.6 Å². The number of rotatable bonds is 8. The lowest BCUT2D eigenvalue weighted by Gasteiger charge is -2.19. The average molecular weight is 446 g/mol. The molecule has 0 heterocycles. The Bertz CT molecular complexity index is 925. The fraction of sp³-hybridized carbons (Fsp3) is 0.348. The summed E-state index contributed by atoms with van der Waals surface area (Å²) in [4.78, 5) is 35.9. The zero-order chi connectivity index (χ0) is 22.9. The fourth-order valence-corrected chi connectivity index (χ4v) is 2.86. The van der Waals surface area contributed by atoms with Gasteiger partial charge in [-0.05, 0) is 50.1 Å². The number of ether oxygens (including phenoxy) is 1. The molecule has 0 saturated heterocycles. The van der Waals surface area contributed by atoms with E-state index in [1.807, 2.05) is 24.3 Å². The molecule has 2 aromatic rings. The number of carbonyl (C=O) groups excluding carboxylic acids is 3. The fourth-order valence-electron chi connectivity index (χ4n) is 2.66. The minimum atomic E-state index is -0.583. The Morgan fingerprint density at radius 1 is 0.968 bits per heavy atom. The van der Waals surface area contributed by atoms with Gasteiger partial charge in [0, 0.05) is 30.2 Å². The third-order valence-electron chi connectivity index (χ3n) is 4.03. The third kappa shape index (κ3) is 9.53. The number of benzene rings is 2. The molecular weight excluding hydrogens is 418 g/mol. The van der Waals surface area contributed by atoms with E-state index < -0.39 is 11.7 Å². The Hall–Kier alpha value is -3.06. The molecule has 7 nitrogen and oxygen atoms in total. The van der Waals surface area contributed by atoms with Crippen LogP contribution in [0.25, 0.3) is 0 Å². The summed E-state index contributed by atoms with van der Waals surface area (Å²) >= 11 is 6.10. The van der Waals surface area contributed by atoms with Gasteiger partial charge in [0.1, 0.15) is 5.60 Å². The smallest absolute Gasteiger partial charge is 0.407 e. The Morgan fingerprint density at radius 2 is 1.71 bits per heavy atom. The predicted octanol–water partition coefficient (Wildman–Crippen LogP) is 4.05. The second kappa shape index (κ2) is 11.4. The van der Waals surface area contributed by atoms with E-state index in [2.05, 4.69) is 16.0 Å². The van der Waals surface area contributed by atoms with Crippen LogP contribution in [0.4, 0.5) is 10.5 Å². The molecule has 0 radical (unpaired) electrons. The summed E-state index contributed by atoms with van der Waals surface area (Å²) in [6, 6.07) is 14.4. The summed E-state index contributed by atoms with van der Waals surface area (Å²) in [6.07, 6.45) is -0.251. The first kappa shape index (κ1) is 24.2. The summed E-state index contributed by atoms with van der Waals surface area (Å²) in [7, 11) is 0. The van der Waals surface area contributed by atoms with Crippen LogP contribution in [0.3, 0.4) is 0 Å². The van der Waals surface area contributed by atoms with Gasteiger partial charge >= 0.3 is 6.09 Å². The van der Waals surface area contributed by atoms with Crippen molar-refractivity contribution in [2.75, 3.05) is 11.9 Å². The Morgan fingerprint density at radius 3 is 2.42 bits per heavy atom. The third-order valence-corrected chi connectivity index (χ3v) is 4.40. The lowest BCUT2D eigenvalue weighted by molar-refractivity contribution is -0.121. The molecule has 0 spiro atoms. The van der Waals surface area contributed by atoms with Crippen LogP contribution < -0.4 is 16.0 Å². The Kier molecular flexibility index (Phi) is 8.88. The van der Waals surface area contributed by atoms with Crippen molar-refractivity contribution in [2.45, 2.75) is 45.8 Å². The molecule has 0 saturated carbocycles. The van der Waals surface area contributed by atoms with E-state index in [0.29, 0.717) is 17.3 Å². The summed E-state index contributed by atoms with van der Waals surface area (Å²) in [5, 5.41) is 8.72. The van der Waals surface area contributed by atoms with Gasteiger partial charge in [0.2, 0.25) is 11.8 Å². The number of amides is 3. The molecule has 0 aliphatic heterocycles. The first-order chi connectivity index (χ1) is 14.6. The minimum absolute atomic E-state index is 0.132. The van der Waals surface area contributed by atoms with Gasteiger partial charge in [0.05, 0.1) is 6.42 Å². The highest BCUT2D eigenvalue weighted by atomic mass is 35.5. The number of anilines is 1. The number of alkyl carbamates (subject to hydrolysis) is 1. The van der Waals surface area contributed by atoms with Crippen LogP contribution in [0, 0.1) is 0 Å². The van der Waals surface area contributed by atoms with Crippen molar-refractivity contribution in [3.8, 4) is 0 Å². The number of halogens is 1. The van der Waals surface area contributed by atoms with Crippen LogP contribution in [-0.4, -0.2) is 30.1 Å². The minimum Gasteiger partial charge on any atom is -0.444 e. The molecule has 166 valence electrons. The van der Waals surface area contributed by atoms with Crippen LogP contribution in [-0.2, 0) is 27.3 Å². The Balaban J connectivity index is 1.76. The van der Waals surface area contributed by atoms with Gasteiger partial charge in [-0.15, -0.1) is 0 Å². The summed E-state index contributed by atoms with van der Waals surface area (Å²) in [6.45, 7) is 5.80. The topological polar surface area (TPSA) is 96.5 Å². The maximum absolute atomic E-state index is 12.3. The largest absolute Gasteiger partial charge is 0.444 e. The zero-order valence-corrected chi connectivity index (χ0v) is 18.7. The van der Waals surface area contributed by atoms with Crippen molar-refractivity contribution in [3.63, 3.8) is 0 Å². The van der Waals surface area contributed by atoms with E-state index in [-0.39, 0.29) is 31.2 Å². The van der Waals surface area contributed by atoms with Crippen molar-refractivity contribution >= 4 is 35.2 Å². The van der Waals surface area contributed by atoms with Gasteiger partial charge < -0.3 is 20.7 Å². The maximum atomic E-state index is 12.3. The van der Waals surface area contributed by atoms with Gasteiger partial charge in [0.25, 0.3) is 0 Å². The molecule has 8 heteroatoms. The quantitative estimate of drug-likeness (QED) is 0.571. The monoisotopic (exact) mass is 445 g/mol. The van der Waals surface area contributed by atoms with Crippen molar-refractivity contribution in [2.24, 2.45) is 0 Å². The van der Waals surface area contributed by atoms with E-state index >= 15 is 0 Å². The molecule has 0 aliphatic carbocycles.